The van der Waals surface area contributed by atoms with Crippen molar-refractivity contribution in [2.75, 3.05) is 13.1 Å². The molecular weight excluding hydrogens is 200 g/mol. The SMILES string of the molecule is CC(Cn1cccn1)NCCNC(C)(C)C. The lowest BCUT2D eigenvalue weighted by Crippen LogP contribution is -2.42. The fourth-order valence-electron chi connectivity index (χ4n) is 1.51. The van der Waals surface area contributed by atoms with Crippen molar-refractivity contribution >= 4 is 0 Å². The zero-order chi connectivity index (χ0) is 12.0. The van der Waals surface area contributed by atoms with Crippen molar-refractivity contribution in [1.82, 2.24) is 20.4 Å². The summed E-state index contributed by atoms with van der Waals surface area (Å²) in [6.07, 6.45) is 3.81. The zero-order valence-corrected chi connectivity index (χ0v) is 10.8. The quantitative estimate of drug-likeness (QED) is 0.715. The van der Waals surface area contributed by atoms with Crippen molar-refractivity contribution in [2.24, 2.45) is 0 Å². The van der Waals surface area contributed by atoms with Gasteiger partial charge in [-0.15, -0.1) is 0 Å². The first kappa shape index (κ1) is 13.2. The van der Waals surface area contributed by atoms with Gasteiger partial charge in [-0.05, 0) is 33.8 Å². The van der Waals surface area contributed by atoms with Crippen LogP contribution in [0.2, 0.25) is 0 Å². The minimum Gasteiger partial charge on any atom is -0.311 e. The molecule has 1 heterocycles. The van der Waals surface area contributed by atoms with Gasteiger partial charge < -0.3 is 10.6 Å². The van der Waals surface area contributed by atoms with Crippen LogP contribution in [0.3, 0.4) is 0 Å². The van der Waals surface area contributed by atoms with Crippen molar-refractivity contribution < 1.29 is 0 Å². The molecule has 0 bridgehead atoms. The first-order valence-corrected chi connectivity index (χ1v) is 5.93. The Kier molecular flexibility index (Phi) is 4.96. The second-order valence-corrected chi connectivity index (χ2v) is 5.26. The van der Waals surface area contributed by atoms with Gasteiger partial charge in [0.15, 0.2) is 0 Å². The van der Waals surface area contributed by atoms with E-state index in [-0.39, 0.29) is 5.54 Å². The summed E-state index contributed by atoms with van der Waals surface area (Å²) < 4.78 is 1.95. The monoisotopic (exact) mass is 224 g/mol. The lowest BCUT2D eigenvalue weighted by Gasteiger charge is -2.21. The standard InChI is InChI=1S/C12H24N4/c1-11(10-16-9-5-6-15-16)13-7-8-14-12(2,3)4/h5-6,9,11,13-14H,7-8,10H2,1-4H3. The molecule has 0 aliphatic rings. The fraction of sp³-hybridized carbons (Fsp3) is 0.750. The molecule has 2 N–H and O–H groups in total. The van der Waals surface area contributed by atoms with Crippen LogP contribution < -0.4 is 10.6 Å². The molecule has 16 heavy (non-hydrogen) atoms. The lowest BCUT2D eigenvalue weighted by molar-refractivity contribution is 0.398. The van der Waals surface area contributed by atoms with Crippen molar-refractivity contribution in [3.05, 3.63) is 18.5 Å². The van der Waals surface area contributed by atoms with Gasteiger partial charge in [-0.3, -0.25) is 4.68 Å². The molecule has 1 aromatic heterocycles. The van der Waals surface area contributed by atoms with Gasteiger partial charge in [0.25, 0.3) is 0 Å². The van der Waals surface area contributed by atoms with E-state index in [0.717, 1.165) is 19.6 Å². The molecule has 4 nitrogen and oxygen atoms in total. The summed E-state index contributed by atoms with van der Waals surface area (Å²) in [7, 11) is 0. The van der Waals surface area contributed by atoms with Gasteiger partial charge in [0.05, 0.1) is 6.54 Å². The van der Waals surface area contributed by atoms with Crippen molar-refractivity contribution in [3.63, 3.8) is 0 Å². The van der Waals surface area contributed by atoms with Gasteiger partial charge in [0, 0.05) is 37.1 Å². The topological polar surface area (TPSA) is 41.9 Å². The Hall–Kier alpha value is -0.870. The van der Waals surface area contributed by atoms with Crippen molar-refractivity contribution in [2.45, 2.75) is 45.8 Å². The highest BCUT2D eigenvalue weighted by Crippen LogP contribution is 1.96. The van der Waals surface area contributed by atoms with E-state index in [9.17, 15) is 0 Å². The maximum atomic E-state index is 4.18. The minimum atomic E-state index is 0.201. The molecule has 0 aromatic carbocycles. The third-order valence-corrected chi connectivity index (χ3v) is 2.29. The molecule has 0 saturated carbocycles. The summed E-state index contributed by atoms with van der Waals surface area (Å²) in [4.78, 5) is 0. The molecule has 0 radical (unpaired) electrons. The summed E-state index contributed by atoms with van der Waals surface area (Å²) in [6, 6.07) is 2.40. The Balaban J connectivity index is 2.09. The first-order chi connectivity index (χ1) is 7.47. The van der Waals surface area contributed by atoms with Gasteiger partial charge in [-0.2, -0.15) is 5.10 Å². The van der Waals surface area contributed by atoms with Gasteiger partial charge >= 0.3 is 0 Å². The number of nitrogens with one attached hydrogen (secondary N) is 2. The highest BCUT2D eigenvalue weighted by molar-refractivity contribution is 4.79. The van der Waals surface area contributed by atoms with E-state index in [0.29, 0.717) is 6.04 Å². The number of rotatable bonds is 6. The van der Waals surface area contributed by atoms with Crippen LogP contribution in [0.4, 0.5) is 0 Å². The summed E-state index contributed by atoms with van der Waals surface area (Å²) in [5.74, 6) is 0. The molecule has 1 atom stereocenters. The first-order valence-electron chi connectivity index (χ1n) is 5.93. The number of hydrogen-bond donors (Lipinski definition) is 2. The van der Waals surface area contributed by atoms with E-state index in [1.807, 2.05) is 23.1 Å². The minimum absolute atomic E-state index is 0.201. The number of hydrogen-bond acceptors (Lipinski definition) is 3. The smallest absolute Gasteiger partial charge is 0.0559 e. The van der Waals surface area contributed by atoms with Crippen LogP contribution in [0.1, 0.15) is 27.7 Å². The molecule has 0 amide bonds. The predicted octanol–water partition coefficient (Wildman–Crippen LogP) is 1.25. The van der Waals surface area contributed by atoms with Crippen molar-refractivity contribution in [3.8, 4) is 0 Å². The Morgan fingerprint density at radius 2 is 2.06 bits per heavy atom. The van der Waals surface area contributed by atoms with E-state index in [1.54, 1.807) is 0 Å². The molecule has 0 saturated heterocycles. The summed E-state index contributed by atoms with van der Waals surface area (Å²) in [5, 5.41) is 11.1. The highest BCUT2D eigenvalue weighted by Gasteiger charge is 2.08. The molecule has 92 valence electrons. The average molecular weight is 224 g/mol. The summed E-state index contributed by atoms with van der Waals surface area (Å²) in [5.41, 5.74) is 0.201. The molecule has 0 aliphatic carbocycles. The lowest BCUT2D eigenvalue weighted by atomic mass is 10.1. The highest BCUT2D eigenvalue weighted by atomic mass is 15.3. The maximum Gasteiger partial charge on any atom is 0.0559 e. The molecule has 1 unspecified atom stereocenters. The van der Waals surface area contributed by atoms with E-state index in [2.05, 4.69) is 43.4 Å². The van der Waals surface area contributed by atoms with Crippen LogP contribution in [0, 0.1) is 0 Å². The second-order valence-electron chi connectivity index (χ2n) is 5.26. The van der Waals surface area contributed by atoms with Crippen LogP contribution in [-0.2, 0) is 6.54 Å². The molecule has 1 rings (SSSR count). The number of nitrogens with zero attached hydrogens (tertiary/aromatic N) is 2. The third-order valence-electron chi connectivity index (χ3n) is 2.29. The Labute approximate surface area is 98.4 Å². The van der Waals surface area contributed by atoms with Crippen LogP contribution >= 0.6 is 0 Å². The molecule has 1 aromatic rings. The maximum absolute atomic E-state index is 4.18. The molecule has 0 fully saturated rings. The molecular formula is C12H24N4. The van der Waals surface area contributed by atoms with Crippen LogP contribution in [0.5, 0.6) is 0 Å². The predicted molar refractivity (Wildman–Crippen MR) is 67.4 cm³/mol. The van der Waals surface area contributed by atoms with E-state index < -0.39 is 0 Å². The van der Waals surface area contributed by atoms with E-state index in [1.165, 1.54) is 0 Å². The van der Waals surface area contributed by atoms with Crippen LogP contribution in [0.25, 0.3) is 0 Å². The average Bonchev–Trinajstić information content (AvgIpc) is 2.63. The molecule has 0 aliphatic heterocycles. The number of aromatic nitrogens is 2. The zero-order valence-electron chi connectivity index (χ0n) is 10.8. The Bertz CT molecular complexity index is 274. The molecule has 4 heteroatoms. The van der Waals surface area contributed by atoms with E-state index in [4.69, 9.17) is 0 Å². The second kappa shape index (κ2) is 6.01. The Morgan fingerprint density at radius 1 is 1.31 bits per heavy atom. The summed E-state index contributed by atoms with van der Waals surface area (Å²) >= 11 is 0. The molecule has 0 spiro atoms. The van der Waals surface area contributed by atoms with E-state index >= 15 is 0 Å². The van der Waals surface area contributed by atoms with Gasteiger partial charge in [-0.25, -0.2) is 0 Å². The largest absolute Gasteiger partial charge is 0.311 e. The van der Waals surface area contributed by atoms with Crippen molar-refractivity contribution in [1.29, 1.82) is 0 Å². The van der Waals surface area contributed by atoms with Gasteiger partial charge in [0.1, 0.15) is 0 Å². The fourth-order valence-corrected chi connectivity index (χ4v) is 1.51. The van der Waals surface area contributed by atoms with Gasteiger partial charge in [-0.1, -0.05) is 0 Å². The Morgan fingerprint density at radius 3 is 2.62 bits per heavy atom. The third kappa shape index (κ3) is 5.88. The van der Waals surface area contributed by atoms with Gasteiger partial charge in [0.2, 0.25) is 0 Å². The van der Waals surface area contributed by atoms with Crippen LogP contribution in [-0.4, -0.2) is 34.5 Å². The normalized spacial score (nSPS) is 14.0. The summed E-state index contributed by atoms with van der Waals surface area (Å²) in [6.45, 7) is 11.6. The van der Waals surface area contributed by atoms with Crippen LogP contribution in [0.15, 0.2) is 18.5 Å².